The van der Waals surface area contributed by atoms with E-state index >= 15 is 0 Å². The average Bonchev–Trinajstić information content (AvgIpc) is 3.04. The predicted molar refractivity (Wildman–Crippen MR) is 111 cm³/mol. The molecule has 1 saturated heterocycles. The average molecular weight is 396 g/mol. The van der Waals surface area contributed by atoms with Gasteiger partial charge in [0.15, 0.2) is 0 Å². The molecule has 1 aromatic carbocycles. The van der Waals surface area contributed by atoms with Gasteiger partial charge in [-0.25, -0.2) is 4.79 Å². The van der Waals surface area contributed by atoms with Gasteiger partial charge in [0.1, 0.15) is 5.69 Å². The van der Waals surface area contributed by atoms with E-state index in [-0.39, 0.29) is 12.3 Å². The molecule has 1 aliphatic rings. The predicted octanol–water partition coefficient (Wildman–Crippen LogP) is 3.85. The second-order valence-corrected chi connectivity index (χ2v) is 7.95. The number of aryl methyl sites for hydroxylation is 1. The second-order valence-electron chi connectivity index (χ2n) is 7.95. The first kappa shape index (κ1) is 20.8. The number of hydrogen-bond donors (Lipinski definition) is 1. The number of carbonyl (C=O) groups excluding carboxylic acids is 3. The highest BCUT2D eigenvalue weighted by Gasteiger charge is 2.34. The van der Waals surface area contributed by atoms with Gasteiger partial charge in [0.05, 0.1) is 12.2 Å². The van der Waals surface area contributed by atoms with Crippen molar-refractivity contribution >= 4 is 17.7 Å². The zero-order valence-electron chi connectivity index (χ0n) is 17.5. The van der Waals surface area contributed by atoms with Gasteiger partial charge in [-0.05, 0) is 37.7 Å². The van der Waals surface area contributed by atoms with Crippen molar-refractivity contribution in [1.29, 1.82) is 0 Å². The number of amides is 1. The Balaban J connectivity index is 2.04. The number of ketones is 1. The monoisotopic (exact) mass is 396 g/mol. The van der Waals surface area contributed by atoms with E-state index in [2.05, 4.69) is 18.8 Å². The number of carbonyl (C=O) groups is 3. The van der Waals surface area contributed by atoms with Crippen LogP contribution in [0.3, 0.4) is 0 Å². The Morgan fingerprint density at radius 3 is 2.31 bits per heavy atom. The molecule has 1 amide bonds. The van der Waals surface area contributed by atoms with E-state index in [9.17, 15) is 14.4 Å². The van der Waals surface area contributed by atoms with Crippen LogP contribution in [0.25, 0.3) is 11.1 Å². The molecule has 154 valence electrons. The fourth-order valence-electron chi connectivity index (χ4n) is 4.23. The molecule has 29 heavy (non-hydrogen) atoms. The number of aromatic amines is 1. The third-order valence-corrected chi connectivity index (χ3v) is 5.31. The maximum absolute atomic E-state index is 13.2. The van der Waals surface area contributed by atoms with Crippen LogP contribution >= 0.6 is 0 Å². The van der Waals surface area contributed by atoms with Gasteiger partial charge < -0.3 is 14.6 Å². The minimum absolute atomic E-state index is 0.146. The van der Waals surface area contributed by atoms with E-state index < -0.39 is 17.7 Å². The van der Waals surface area contributed by atoms with Crippen molar-refractivity contribution in [1.82, 2.24) is 9.88 Å². The fourth-order valence-corrected chi connectivity index (χ4v) is 4.23. The van der Waals surface area contributed by atoms with Crippen LogP contribution in [0, 0.1) is 18.8 Å². The standard InChI is InChI=1S/C23H28N2O4/c1-5-29-23(28)18-16(4)24-20(19(18)17-9-7-6-8-10-17)21(26)22(27)25-12-14(2)11-15(3)13-25/h6-10,14-15,24H,5,11-13H2,1-4H3/t14-,15-/m1/s1. The fraction of sp³-hybridized carbons (Fsp3) is 0.435. The first-order chi connectivity index (χ1) is 13.8. The van der Waals surface area contributed by atoms with Crippen molar-refractivity contribution in [2.45, 2.75) is 34.1 Å². The van der Waals surface area contributed by atoms with E-state index in [1.807, 2.05) is 30.3 Å². The molecule has 0 radical (unpaired) electrons. The molecular formula is C23H28N2O4. The lowest BCUT2D eigenvalue weighted by Crippen LogP contribution is -2.45. The summed E-state index contributed by atoms with van der Waals surface area (Å²) in [6, 6.07) is 9.15. The molecule has 0 saturated carbocycles. The Morgan fingerprint density at radius 1 is 1.10 bits per heavy atom. The maximum atomic E-state index is 13.2. The largest absolute Gasteiger partial charge is 0.462 e. The van der Waals surface area contributed by atoms with Gasteiger partial charge in [-0.3, -0.25) is 9.59 Å². The highest BCUT2D eigenvalue weighted by molar-refractivity contribution is 6.43. The van der Waals surface area contributed by atoms with Crippen LogP contribution in [0.5, 0.6) is 0 Å². The third-order valence-electron chi connectivity index (χ3n) is 5.31. The minimum Gasteiger partial charge on any atom is -0.462 e. The topological polar surface area (TPSA) is 79.5 Å². The van der Waals surface area contributed by atoms with Crippen LogP contribution in [-0.4, -0.2) is 47.2 Å². The number of nitrogens with zero attached hydrogens (tertiary/aromatic N) is 1. The molecule has 1 aliphatic heterocycles. The van der Waals surface area contributed by atoms with Crippen LogP contribution in [-0.2, 0) is 9.53 Å². The second kappa shape index (κ2) is 8.64. The molecule has 2 atom stereocenters. The Bertz CT molecular complexity index is 906. The summed E-state index contributed by atoms with van der Waals surface area (Å²) in [5, 5.41) is 0. The summed E-state index contributed by atoms with van der Waals surface area (Å²) in [5.41, 5.74) is 2.08. The summed E-state index contributed by atoms with van der Waals surface area (Å²) in [6.45, 7) is 8.99. The van der Waals surface area contributed by atoms with Crippen molar-refractivity contribution in [2.75, 3.05) is 19.7 Å². The molecule has 6 nitrogen and oxygen atoms in total. The highest BCUT2D eigenvalue weighted by Crippen LogP contribution is 2.32. The Hall–Kier alpha value is -2.89. The molecule has 0 unspecified atom stereocenters. The van der Waals surface area contributed by atoms with Crippen molar-refractivity contribution in [3.8, 4) is 11.1 Å². The molecule has 2 aromatic rings. The molecule has 0 spiro atoms. The molecule has 2 heterocycles. The van der Waals surface area contributed by atoms with Gasteiger partial charge in [-0.1, -0.05) is 44.2 Å². The van der Waals surface area contributed by atoms with Crippen molar-refractivity contribution in [3.63, 3.8) is 0 Å². The van der Waals surface area contributed by atoms with Gasteiger partial charge in [-0.15, -0.1) is 0 Å². The number of likely N-dealkylation sites (tertiary alicyclic amines) is 1. The molecule has 0 aliphatic carbocycles. The van der Waals surface area contributed by atoms with Crippen LogP contribution in [0.1, 0.15) is 53.7 Å². The van der Waals surface area contributed by atoms with Crippen LogP contribution in [0.4, 0.5) is 0 Å². The van der Waals surface area contributed by atoms with Gasteiger partial charge in [0.25, 0.3) is 11.7 Å². The van der Waals surface area contributed by atoms with E-state index in [0.29, 0.717) is 47.3 Å². The summed E-state index contributed by atoms with van der Waals surface area (Å²) in [4.78, 5) is 43.5. The lowest BCUT2D eigenvalue weighted by molar-refractivity contribution is -0.129. The van der Waals surface area contributed by atoms with Gasteiger partial charge in [0, 0.05) is 24.3 Å². The Labute approximate surface area is 171 Å². The van der Waals surface area contributed by atoms with Gasteiger partial charge in [-0.2, -0.15) is 0 Å². The molecule has 1 fully saturated rings. The minimum atomic E-state index is -0.621. The van der Waals surface area contributed by atoms with Crippen molar-refractivity contribution < 1.29 is 19.1 Å². The van der Waals surface area contributed by atoms with Crippen LogP contribution in [0.15, 0.2) is 30.3 Å². The number of hydrogen-bond acceptors (Lipinski definition) is 4. The Kier molecular flexibility index (Phi) is 6.20. The van der Waals surface area contributed by atoms with Crippen LogP contribution in [0.2, 0.25) is 0 Å². The molecule has 1 N–H and O–H groups in total. The normalized spacial score (nSPS) is 19.1. The van der Waals surface area contributed by atoms with Crippen molar-refractivity contribution in [2.24, 2.45) is 11.8 Å². The number of benzene rings is 1. The number of esters is 1. The molecule has 6 heteroatoms. The molecule has 3 rings (SSSR count). The lowest BCUT2D eigenvalue weighted by atomic mass is 9.91. The number of Topliss-reactive ketones (excluding diaryl/α,β-unsaturated/α-hetero) is 1. The summed E-state index contributed by atoms with van der Waals surface area (Å²) >= 11 is 0. The van der Waals surface area contributed by atoms with E-state index in [1.54, 1.807) is 18.7 Å². The van der Waals surface area contributed by atoms with Gasteiger partial charge >= 0.3 is 5.97 Å². The molecule has 0 bridgehead atoms. The Morgan fingerprint density at radius 2 is 1.72 bits per heavy atom. The van der Waals surface area contributed by atoms with E-state index in [4.69, 9.17) is 4.74 Å². The summed E-state index contributed by atoms with van der Waals surface area (Å²) in [7, 11) is 0. The first-order valence-electron chi connectivity index (χ1n) is 10.1. The highest BCUT2D eigenvalue weighted by atomic mass is 16.5. The maximum Gasteiger partial charge on any atom is 0.340 e. The SMILES string of the molecule is CCOC(=O)c1c(C)[nH]c(C(=O)C(=O)N2C[C@H](C)C[C@@H](C)C2)c1-c1ccccc1. The molecular weight excluding hydrogens is 368 g/mol. The lowest BCUT2D eigenvalue weighted by Gasteiger charge is -2.34. The van der Waals surface area contributed by atoms with E-state index in [1.165, 1.54) is 0 Å². The number of rotatable bonds is 5. The number of aromatic nitrogens is 1. The number of nitrogens with one attached hydrogen (secondary N) is 1. The molecule has 1 aromatic heterocycles. The summed E-state index contributed by atoms with van der Waals surface area (Å²) < 4.78 is 5.20. The third kappa shape index (κ3) is 4.26. The number of ether oxygens (including phenoxy) is 1. The number of H-pyrrole nitrogens is 1. The summed E-state index contributed by atoms with van der Waals surface area (Å²) in [5.74, 6) is -0.956. The zero-order valence-corrected chi connectivity index (χ0v) is 17.5. The van der Waals surface area contributed by atoms with Crippen molar-refractivity contribution in [3.05, 3.63) is 47.3 Å². The van der Waals surface area contributed by atoms with Gasteiger partial charge in [0.2, 0.25) is 0 Å². The zero-order chi connectivity index (χ0) is 21.1. The number of piperidine rings is 1. The van der Waals surface area contributed by atoms with Crippen LogP contribution < -0.4 is 0 Å². The first-order valence-corrected chi connectivity index (χ1v) is 10.1. The quantitative estimate of drug-likeness (QED) is 0.473. The van der Waals surface area contributed by atoms with E-state index in [0.717, 1.165) is 6.42 Å². The smallest absolute Gasteiger partial charge is 0.340 e. The summed E-state index contributed by atoms with van der Waals surface area (Å²) in [6.07, 6.45) is 1.04.